The van der Waals surface area contributed by atoms with Gasteiger partial charge in [-0.15, -0.1) is 0 Å². The summed E-state index contributed by atoms with van der Waals surface area (Å²) in [4.78, 5) is 0. The zero-order valence-electron chi connectivity index (χ0n) is 15.3. The molecule has 0 spiro atoms. The minimum atomic E-state index is -2.16. The second kappa shape index (κ2) is 8.77. The van der Waals surface area contributed by atoms with Crippen LogP contribution in [0.15, 0.2) is 121 Å². The molecule has 0 unspecified atom stereocenters. The molecule has 1 nitrogen and oxygen atoms in total. The van der Waals surface area contributed by atoms with Gasteiger partial charge < -0.3 is 5.48 Å². The minimum absolute atomic E-state index is 0. The van der Waals surface area contributed by atoms with Gasteiger partial charge in [-0.3, -0.25) is 0 Å². The second-order valence-electron chi connectivity index (χ2n) is 6.67. The fourth-order valence-corrected chi connectivity index (χ4v) is 8.62. The molecule has 4 rings (SSSR count). The molecule has 0 atom stereocenters. The van der Waals surface area contributed by atoms with Crippen molar-refractivity contribution < 1.29 is 5.48 Å². The van der Waals surface area contributed by atoms with Crippen molar-refractivity contribution in [1.82, 2.24) is 0 Å². The first-order valence-corrected chi connectivity index (χ1v) is 11.3. The Labute approximate surface area is 162 Å². The molecule has 27 heavy (non-hydrogen) atoms. The van der Waals surface area contributed by atoms with E-state index in [1.54, 1.807) is 0 Å². The van der Waals surface area contributed by atoms with Crippen LogP contribution in [0.5, 0.6) is 0 Å². The molecule has 2 N–H and O–H groups in total. The third kappa shape index (κ3) is 3.85. The van der Waals surface area contributed by atoms with E-state index in [0.29, 0.717) is 0 Å². The fraction of sp³-hybridized carbons (Fsp3) is 0.0400. The Bertz CT molecular complexity index is 842. The summed E-state index contributed by atoms with van der Waals surface area (Å²) in [7, 11) is -2.16. The van der Waals surface area contributed by atoms with E-state index in [2.05, 4.69) is 121 Å². The van der Waals surface area contributed by atoms with Gasteiger partial charge in [-0.2, -0.15) is 0 Å². The zero-order valence-corrected chi connectivity index (χ0v) is 16.3. The van der Waals surface area contributed by atoms with Crippen LogP contribution in [0.3, 0.4) is 0 Å². The Morgan fingerprint density at radius 1 is 0.407 bits per heavy atom. The van der Waals surface area contributed by atoms with Gasteiger partial charge in [0.2, 0.25) is 0 Å². The van der Waals surface area contributed by atoms with Gasteiger partial charge in [0.25, 0.3) is 0 Å². The first kappa shape index (κ1) is 19.0. The third-order valence-electron chi connectivity index (χ3n) is 5.11. The van der Waals surface area contributed by atoms with E-state index in [0.717, 1.165) is 6.16 Å². The predicted molar refractivity (Wildman–Crippen MR) is 120 cm³/mol. The Morgan fingerprint density at radius 3 is 1.04 bits per heavy atom. The summed E-state index contributed by atoms with van der Waals surface area (Å²) >= 11 is 0. The molecule has 0 aliphatic heterocycles. The summed E-state index contributed by atoms with van der Waals surface area (Å²) in [6.45, 7) is 0. The molecule has 0 radical (unpaired) electrons. The second-order valence-corrected chi connectivity index (χ2v) is 10.6. The monoisotopic (exact) mass is 372 g/mol. The van der Waals surface area contributed by atoms with Crippen LogP contribution in [0.25, 0.3) is 0 Å². The molecular formula is C25H25OP. The van der Waals surface area contributed by atoms with Crippen LogP contribution in [0.2, 0.25) is 0 Å². The quantitative estimate of drug-likeness (QED) is 0.473. The van der Waals surface area contributed by atoms with Gasteiger partial charge >= 0.3 is 156 Å². The van der Waals surface area contributed by atoms with Crippen molar-refractivity contribution in [2.75, 3.05) is 0 Å². The summed E-state index contributed by atoms with van der Waals surface area (Å²) in [5, 5.41) is 4.38. The fourth-order valence-electron chi connectivity index (χ4n) is 3.88. The zero-order chi connectivity index (χ0) is 17.7. The van der Waals surface area contributed by atoms with Gasteiger partial charge in [-0.05, 0) is 0 Å². The molecule has 0 heterocycles. The molecule has 0 aliphatic rings. The first-order chi connectivity index (χ1) is 12.9. The van der Waals surface area contributed by atoms with E-state index < -0.39 is 7.26 Å². The molecule has 0 amide bonds. The normalized spacial score (nSPS) is 11.4. The average molecular weight is 372 g/mol. The molecule has 0 aromatic heterocycles. The van der Waals surface area contributed by atoms with E-state index >= 15 is 0 Å². The molecule has 0 bridgehead atoms. The van der Waals surface area contributed by atoms with Gasteiger partial charge in [-0.25, -0.2) is 0 Å². The Kier molecular flexibility index (Phi) is 6.19. The van der Waals surface area contributed by atoms with E-state index in [-0.39, 0.29) is 5.48 Å². The number of hydrogen-bond donors (Lipinski definition) is 0. The van der Waals surface area contributed by atoms with E-state index in [1.165, 1.54) is 21.5 Å². The Hall–Kier alpha value is -2.73. The third-order valence-corrected chi connectivity index (χ3v) is 10.0. The maximum atomic E-state index is 2.31. The van der Waals surface area contributed by atoms with Crippen molar-refractivity contribution in [3.8, 4) is 0 Å². The van der Waals surface area contributed by atoms with Crippen LogP contribution in [0.1, 0.15) is 5.56 Å². The summed E-state index contributed by atoms with van der Waals surface area (Å²) in [6, 6.07) is 44.2. The number of benzene rings is 4. The van der Waals surface area contributed by atoms with Crippen molar-refractivity contribution in [3.63, 3.8) is 0 Å². The van der Waals surface area contributed by atoms with Gasteiger partial charge in [0.15, 0.2) is 0 Å². The van der Waals surface area contributed by atoms with Crippen molar-refractivity contribution in [3.05, 3.63) is 127 Å². The van der Waals surface area contributed by atoms with Crippen LogP contribution in [-0.2, 0) is 6.16 Å². The van der Waals surface area contributed by atoms with Crippen molar-refractivity contribution >= 4 is 23.2 Å². The molecular weight excluding hydrogens is 347 g/mol. The van der Waals surface area contributed by atoms with E-state index in [4.69, 9.17) is 0 Å². The van der Waals surface area contributed by atoms with Gasteiger partial charge in [-0.1, -0.05) is 0 Å². The number of hydrogen-bond acceptors (Lipinski definition) is 0. The van der Waals surface area contributed by atoms with Crippen LogP contribution in [0.4, 0.5) is 0 Å². The Balaban J connectivity index is 0.00000210. The first-order valence-electron chi connectivity index (χ1n) is 9.10. The van der Waals surface area contributed by atoms with Crippen molar-refractivity contribution in [2.24, 2.45) is 0 Å². The summed E-state index contributed by atoms with van der Waals surface area (Å²) in [6.07, 6.45) is 1.06. The summed E-state index contributed by atoms with van der Waals surface area (Å²) in [5.74, 6) is 0. The standard InChI is InChI=1S/C25H23P.H2O/c1-5-13-22(14-6-1)21-26(23-15-7-2-8-16-23,24-17-9-3-10-18-24)25-19-11-4-12-20-25;/h1-20,26H,21H2;1H2. The van der Waals surface area contributed by atoms with Gasteiger partial charge in [0.05, 0.1) is 0 Å². The Morgan fingerprint density at radius 2 is 0.704 bits per heavy atom. The maximum absolute atomic E-state index is 2.31. The molecule has 2 heteroatoms. The van der Waals surface area contributed by atoms with Crippen LogP contribution in [-0.4, -0.2) is 5.48 Å². The van der Waals surface area contributed by atoms with Crippen molar-refractivity contribution in [2.45, 2.75) is 6.16 Å². The molecule has 0 aliphatic carbocycles. The topological polar surface area (TPSA) is 31.5 Å². The summed E-state index contributed by atoms with van der Waals surface area (Å²) < 4.78 is 0. The van der Waals surface area contributed by atoms with Crippen LogP contribution >= 0.6 is 7.26 Å². The molecule has 0 saturated carbocycles. The SMILES string of the molecule is O.c1ccc(C[PH](c2ccccc2)(c2ccccc2)c2ccccc2)cc1. The average Bonchev–Trinajstić information content (AvgIpc) is 2.75. The molecule has 4 aromatic rings. The van der Waals surface area contributed by atoms with Crippen LogP contribution in [0, 0.1) is 0 Å². The van der Waals surface area contributed by atoms with E-state index in [9.17, 15) is 0 Å². The van der Waals surface area contributed by atoms with Crippen LogP contribution < -0.4 is 15.9 Å². The predicted octanol–water partition coefficient (Wildman–Crippen LogP) is 4.09. The summed E-state index contributed by atoms with van der Waals surface area (Å²) in [5.41, 5.74) is 1.40. The van der Waals surface area contributed by atoms with E-state index in [1.807, 2.05) is 0 Å². The molecule has 0 fully saturated rings. The number of rotatable bonds is 5. The molecule has 136 valence electrons. The van der Waals surface area contributed by atoms with Gasteiger partial charge in [0, 0.05) is 0 Å². The van der Waals surface area contributed by atoms with Crippen molar-refractivity contribution in [1.29, 1.82) is 0 Å². The molecule has 0 saturated heterocycles. The molecule has 4 aromatic carbocycles. The van der Waals surface area contributed by atoms with Gasteiger partial charge in [0.1, 0.15) is 0 Å².